The molecule has 15 nitrogen and oxygen atoms in total. The molecule has 0 aliphatic rings. The Morgan fingerprint density at radius 2 is 0.269 bits per heavy atom. The molecule has 0 rings (SSSR count). The van der Waals surface area contributed by atoms with Gasteiger partial charge in [-0.15, -0.1) is 0 Å². The molecule has 0 amide bonds. The molecular weight excluding hydrogens is 594 g/mol. The van der Waals surface area contributed by atoms with E-state index in [1.165, 1.54) is 0 Å². The molecular formula is H16KO15P5S5. The van der Waals surface area contributed by atoms with E-state index >= 15 is 0 Å². The molecule has 0 radical (unpaired) electrons. The predicted octanol–water partition coefficient (Wildman–Crippen LogP) is -4.71. The van der Waals surface area contributed by atoms with Crippen molar-refractivity contribution in [1.82, 2.24) is 0 Å². The van der Waals surface area contributed by atoms with Crippen LogP contribution in [0.1, 0.15) is 0 Å². The third kappa shape index (κ3) is 1150. The summed E-state index contributed by atoms with van der Waals surface area (Å²) in [7, 11) is 0. The van der Waals surface area contributed by atoms with Crippen LogP contribution in [0.4, 0.5) is 0 Å². The standard InChI is InChI=1S/K.5H3O3PS.H/c;5*1-4(2,3)5;/h;5*(H3,1,2,3,5);. The predicted molar refractivity (Wildman–Crippen MR) is 112 cm³/mol. The van der Waals surface area contributed by atoms with Crippen LogP contribution in [0.5, 0.6) is 0 Å². The molecule has 0 aromatic rings. The molecule has 0 saturated carbocycles. The van der Waals surface area contributed by atoms with Crippen molar-refractivity contribution in [3.05, 3.63) is 0 Å². The van der Waals surface area contributed by atoms with Crippen LogP contribution < -0.4 is 0 Å². The molecule has 15 N–H and O–H groups in total. The van der Waals surface area contributed by atoms with Crippen molar-refractivity contribution in [3.8, 4) is 0 Å². The molecule has 0 saturated heterocycles. The van der Waals surface area contributed by atoms with E-state index in [0.29, 0.717) is 0 Å². The fourth-order valence-corrected chi connectivity index (χ4v) is 0. The summed E-state index contributed by atoms with van der Waals surface area (Å²) in [5, 5.41) is 0. The third-order valence-corrected chi connectivity index (χ3v) is 0. The van der Waals surface area contributed by atoms with Gasteiger partial charge in [-0.3, -0.25) is 0 Å². The van der Waals surface area contributed by atoms with Gasteiger partial charge < -0.3 is 73.4 Å². The van der Waals surface area contributed by atoms with Gasteiger partial charge in [0.25, 0.3) is 0 Å². The fourth-order valence-electron chi connectivity index (χ4n) is 0. The van der Waals surface area contributed by atoms with Crippen molar-refractivity contribution in [1.29, 1.82) is 0 Å². The topological polar surface area (TPSA) is 303 Å². The Labute approximate surface area is 214 Å². The van der Waals surface area contributed by atoms with Crippen molar-refractivity contribution < 1.29 is 73.4 Å². The average Bonchev–Trinajstić information content (AvgIpc) is 1.79. The number of hydrogen-bond donors (Lipinski definition) is 15. The van der Waals surface area contributed by atoms with Crippen molar-refractivity contribution >= 4 is 144 Å². The van der Waals surface area contributed by atoms with E-state index in [2.05, 4.69) is 59.0 Å². The molecule has 26 heavy (non-hydrogen) atoms. The van der Waals surface area contributed by atoms with E-state index in [-0.39, 0.29) is 51.4 Å². The molecule has 0 heterocycles. The molecule has 0 aromatic carbocycles. The van der Waals surface area contributed by atoms with Crippen molar-refractivity contribution in [2.24, 2.45) is 0 Å². The first-order chi connectivity index (χ1) is 10.0. The summed E-state index contributed by atoms with van der Waals surface area (Å²) in [6.45, 7) is -19.0. The van der Waals surface area contributed by atoms with Crippen LogP contribution in [0, 0.1) is 0 Å². The summed E-state index contributed by atoms with van der Waals surface area (Å²) in [4.78, 5) is 113. The molecule has 0 atom stereocenters. The molecule has 0 aromatic heterocycles. The van der Waals surface area contributed by atoms with E-state index < -0.39 is 33.6 Å². The van der Waals surface area contributed by atoms with Crippen molar-refractivity contribution in [2.45, 2.75) is 0 Å². The first-order valence-corrected chi connectivity index (χ1v) is 17.2. The second-order valence-corrected chi connectivity index (χ2v) is 15.0. The van der Waals surface area contributed by atoms with Gasteiger partial charge in [0.05, 0.1) is 0 Å². The normalized spacial score (nSPS) is 11.3. The molecule has 0 bridgehead atoms. The summed E-state index contributed by atoms with van der Waals surface area (Å²) in [6, 6.07) is 0. The second-order valence-electron chi connectivity index (χ2n) is 2.57. The number of hydrogen-bond acceptors (Lipinski definition) is 5. The van der Waals surface area contributed by atoms with Gasteiger partial charge in [0.1, 0.15) is 0 Å². The summed E-state index contributed by atoms with van der Waals surface area (Å²) < 4.78 is 0. The van der Waals surface area contributed by atoms with E-state index in [1.54, 1.807) is 0 Å². The fraction of sp³-hybridized carbons (Fsp3) is 0. The van der Waals surface area contributed by atoms with Gasteiger partial charge in [0.2, 0.25) is 0 Å². The van der Waals surface area contributed by atoms with Crippen LogP contribution in [0.25, 0.3) is 0 Å². The Morgan fingerprint density at radius 1 is 0.269 bits per heavy atom. The van der Waals surface area contributed by atoms with Crippen molar-refractivity contribution in [3.63, 3.8) is 0 Å². The SMILES string of the molecule is OP(O)(O)=S.OP(O)(O)=S.OP(O)(O)=S.OP(O)(O)=S.OP(O)(O)=S.[KH]. The Morgan fingerprint density at radius 3 is 0.269 bits per heavy atom. The molecule has 0 spiro atoms. The van der Waals surface area contributed by atoms with E-state index in [0.717, 1.165) is 0 Å². The maximum atomic E-state index is 7.56. The van der Waals surface area contributed by atoms with Crippen LogP contribution in [0.3, 0.4) is 0 Å². The van der Waals surface area contributed by atoms with Gasteiger partial charge in [0.15, 0.2) is 0 Å². The third-order valence-electron chi connectivity index (χ3n) is 0. The Hall–Kier alpha value is 4.29. The quantitative estimate of drug-likeness (QED) is 0.0905. The van der Waals surface area contributed by atoms with Gasteiger partial charge in [-0.25, -0.2) is 0 Å². The molecule has 0 fully saturated rings. The van der Waals surface area contributed by atoms with Gasteiger partial charge in [0, 0.05) is 0 Å². The van der Waals surface area contributed by atoms with Crippen LogP contribution >= 0.6 is 33.6 Å². The Balaban J connectivity index is -0.0000000476. The summed E-state index contributed by atoms with van der Waals surface area (Å²) >= 11 is 18.0. The zero-order valence-electron chi connectivity index (χ0n) is 11.0. The average molecular weight is 610 g/mol. The van der Waals surface area contributed by atoms with Crippen LogP contribution in [-0.4, -0.2) is 125 Å². The monoisotopic (exact) mass is 610 g/mol. The van der Waals surface area contributed by atoms with E-state index in [1.807, 2.05) is 0 Å². The van der Waals surface area contributed by atoms with Crippen LogP contribution in [-0.2, 0) is 59.0 Å². The summed E-state index contributed by atoms with van der Waals surface area (Å²) in [5.74, 6) is 0. The van der Waals surface area contributed by atoms with Gasteiger partial charge in [-0.05, 0) is 59.0 Å². The minimum atomic E-state index is -3.81. The van der Waals surface area contributed by atoms with Gasteiger partial charge >= 0.3 is 85.0 Å². The van der Waals surface area contributed by atoms with Gasteiger partial charge in [-0.2, -0.15) is 0 Å². The zero-order valence-corrected chi connectivity index (χ0v) is 19.5. The van der Waals surface area contributed by atoms with E-state index in [9.17, 15) is 0 Å². The first kappa shape index (κ1) is 44.0. The van der Waals surface area contributed by atoms with Crippen LogP contribution in [0.15, 0.2) is 0 Å². The van der Waals surface area contributed by atoms with E-state index in [4.69, 9.17) is 73.4 Å². The first-order valence-electron chi connectivity index (χ1n) is 3.91. The van der Waals surface area contributed by atoms with Crippen LogP contribution in [0.2, 0.25) is 0 Å². The Kier molecular flexibility index (Phi) is 33.8. The molecule has 26 heteroatoms. The van der Waals surface area contributed by atoms with Gasteiger partial charge in [-0.1, -0.05) is 0 Å². The maximum absolute atomic E-state index is 7.56. The number of rotatable bonds is 0. The molecule has 0 aliphatic heterocycles. The Bertz CT molecular complexity index is 387. The summed E-state index contributed by atoms with van der Waals surface area (Å²) in [5.41, 5.74) is 0. The zero-order chi connectivity index (χ0) is 22.5. The second kappa shape index (κ2) is 19.9. The van der Waals surface area contributed by atoms with Crippen molar-refractivity contribution in [2.75, 3.05) is 0 Å². The molecule has 162 valence electrons. The molecule has 0 aliphatic carbocycles. The minimum absolute atomic E-state index is 0. The molecule has 0 unspecified atom stereocenters. The summed E-state index contributed by atoms with van der Waals surface area (Å²) in [6.07, 6.45) is 0.